The van der Waals surface area contributed by atoms with Gasteiger partial charge in [0.15, 0.2) is 5.84 Å². The first-order chi connectivity index (χ1) is 10.1. The molecule has 21 heavy (non-hydrogen) atoms. The van der Waals surface area contributed by atoms with Crippen LogP contribution in [0.2, 0.25) is 0 Å². The monoisotopic (exact) mass is 369 g/mol. The van der Waals surface area contributed by atoms with Gasteiger partial charge in [0.25, 0.3) is 0 Å². The number of hydrogen-bond acceptors (Lipinski definition) is 4. The van der Waals surface area contributed by atoms with E-state index in [2.05, 4.69) is 32.3 Å². The molecule has 1 spiro atoms. The van der Waals surface area contributed by atoms with E-state index in [1.807, 2.05) is 17.0 Å². The molecule has 1 fully saturated rings. The van der Waals surface area contributed by atoms with Gasteiger partial charge in [0, 0.05) is 22.9 Å². The predicted octanol–water partition coefficient (Wildman–Crippen LogP) is 2.92. The van der Waals surface area contributed by atoms with E-state index >= 15 is 0 Å². The number of fused-ring (bicyclic) bond motifs is 2. The first-order valence-corrected chi connectivity index (χ1v) is 7.46. The van der Waals surface area contributed by atoms with Crippen molar-refractivity contribution >= 4 is 39.1 Å². The lowest BCUT2D eigenvalue weighted by Crippen LogP contribution is -2.50. The lowest BCUT2D eigenvalue weighted by molar-refractivity contribution is -0.0504. The average Bonchev–Trinajstić information content (AvgIpc) is 2.78. The maximum absolute atomic E-state index is 7.00. The van der Waals surface area contributed by atoms with Crippen LogP contribution < -0.4 is 10.6 Å². The van der Waals surface area contributed by atoms with Gasteiger partial charge in [0.05, 0.1) is 18.6 Å². The van der Waals surface area contributed by atoms with E-state index < -0.39 is 0 Å². The summed E-state index contributed by atoms with van der Waals surface area (Å²) in [6, 6.07) is 6.09. The maximum Gasteiger partial charge on any atom is 0.177 e. The highest BCUT2D eigenvalue weighted by atomic mass is 79.9. The first-order valence-electron chi connectivity index (χ1n) is 6.29. The molecule has 0 amide bonds. The van der Waals surface area contributed by atoms with Crippen LogP contribution >= 0.6 is 27.5 Å². The van der Waals surface area contributed by atoms with Crippen LogP contribution in [-0.2, 0) is 10.2 Å². The maximum atomic E-state index is 7.00. The van der Waals surface area contributed by atoms with Crippen molar-refractivity contribution in [1.82, 2.24) is 0 Å². The fourth-order valence-electron chi connectivity index (χ4n) is 2.79. The summed E-state index contributed by atoms with van der Waals surface area (Å²) < 4.78 is 6.37. The molecule has 8 heteroatoms. The molecule has 2 heterocycles. The quantitative estimate of drug-likeness (QED) is 0.363. The van der Waals surface area contributed by atoms with Crippen molar-refractivity contribution in [3.63, 3.8) is 0 Å². The molecule has 1 aromatic carbocycles. The summed E-state index contributed by atoms with van der Waals surface area (Å²) in [5.74, 6) is 0.372. The molecule has 1 saturated heterocycles. The van der Waals surface area contributed by atoms with E-state index in [0.717, 1.165) is 10.2 Å². The number of anilines is 1. The minimum absolute atomic E-state index is 0.0510. The molecule has 3 rings (SSSR count). The molecule has 0 saturated carbocycles. The third kappa shape index (κ3) is 2.25. The molecular weight excluding hydrogens is 358 g/mol. The van der Waals surface area contributed by atoms with E-state index in [9.17, 15) is 0 Å². The zero-order chi connectivity index (χ0) is 15.0. The third-order valence-corrected chi connectivity index (χ3v) is 4.59. The van der Waals surface area contributed by atoms with Gasteiger partial charge in [-0.25, -0.2) is 0 Å². The average molecular weight is 371 g/mol. The van der Waals surface area contributed by atoms with Crippen LogP contribution in [0.15, 0.2) is 44.2 Å². The molecule has 0 bridgehead atoms. The molecule has 0 aliphatic carbocycles. The van der Waals surface area contributed by atoms with Crippen LogP contribution in [0.3, 0.4) is 0 Å². The van der Waals surface area contributed by atoms with E-state index in [1.165, 1.54) is 11.8 Å². The van der Waals surface area contributed by atoms with Crippen LogP contribution in [0.4, 0.5) is 5.69 Å². The Kier molecular flexibility index (Phi) is 3.73. The summed E-state index contributed by atoms with van der Waals surface area (Å²) in [6.45, 7) is 2.00. The smallest absolute Gasteiger partial charge is 0.177 e. The molecule has 0 atom stereocenters. The highest BCUT2D eigenvalue weighted by Crippen LogP contribution is 2.46. The van der Waals surface area contributed by atoms with Crippen molar-refractivity contribution < 1.29 is 4.74 Å². The zero-order valence-corrected chi connectivity index (χ0v) is 13.4. The summed E-state index contributed by atoms with van der Waals surface area (Å²) in [6.07, 6.45) is 1.26. The molecule has 110 valence electrons. The van der Waals surface area contributed by atoms with Crippen molar-refractivity contribution in [3.8, 4) is 0 Å². The van der Waals surface area contributed by atoms with Gasteiger partial charge < -0.3 is 15.4 Å². The zero-order valence-electron chi connectivity index (χ0n) is 11.0. The van der Waals surface area contributed by atoms with Gasteiger partial charge in [-0.1, -0.05) is 38.8 Å². The van der Waals surface area contributed by atoms with Crippen LogP contribution in [0.25, 0.3) is 0 Å². The number of benzene rings is 1. The van der Waals surface area contributed by atoms with Gasteiger partial charge >= 0.3 is 0 Å². The molecular formula is C13H13BrClN5O. The number of ether oxygens (including phenoxy) is 1. The molecule has 1 aromatic rings. The van der Waals surface area contributed by atoms with Gasteiger partial charge in [-0.3, -0.25) is 0 Å². The van der Waals surface area contributed by atoms with Gasteiger partial charge in [-0.2, -0.15) is 5.53 Å². The second-order valence-corrected chi connectivity index (χ2v) is 6.38. The van der Waals surface area contributed by atoms with Gasteiger partial charge in [0.2, 0.25) is 0 Å². The lowest BCUT2D eigenvalue weighted by Gasteiger charge is -2.38. The largest absolute Gasteiger partial charge is 0.403 e. The number of nitrogens with two attached hydrogens (primary N) is 1. The van der Waals surface area contributed by atoms with Crippen LogP contribution in [-0.4, -0.2) is 25.6 Å². The summed E-state index contributed by atoms with van der Waals surface area (Å²) in [7, 11) is 0. The normalized spacial score (nSPS) is 20.4. The minimum Gasteiger partial charge on any atom is -0.403 e. The van der Waals surface area contributed by atoms with E-state index in [0.29, 0.717) is 25.6 Å². The topological polar surface area (TPSA) is 87.1 Å². The van der Waals surface area contributed by atoms with Gasteiger partial charge in [-0.05, 0) is 17.7 Å². The highest BCUT2D eigenvalue weighted by molar-refractivity contribution is 9.10. The van der Waals surface area contributed by atoms with Crippen LogP contribution in [0.5, 0.6) is 0 Å². The summed E-state index contributed by atoms with van der Waals surface area (Å²) in [5.41, 5.74) is 14.6. The van der Waals surface area contributed by atoms with E-state index in [4.69, 9.17) is 27.6 Å². The molecule has 3 N–H and O–H groups in total. The van der Waals surface area contributed by atoms with Gasteiger partial charge in [0.1, 0.15) is 5.03 Å². The van der Waals surface area contributed by atoms with Crippen molar-refractivity contribution in [2.24, 2.45) is 16.1 Å². The minimum atomic E-state index is -0.0510. The fourth-order valence-corrected chi connectivity index (χ4v) is 3.28. The number of nitrogens with one attached hydrogen (secondary N) is 1. The van der Waals surface area contributed by atoms with Crippen LogP contribution in [0, 0.1) is 5.53 Å². The second kappa shape index (κ2) is 5.40. The Morgan fingerprint density at radius 2 is 2.29 bits per heavy atom. The van der Waals surface area contributed by atoms with E-state index in [1.54, 1.807) is 0 Å². The summed E-state index contributed by atoms with van der Waals surface area (Å²) in [4.78, 5) is 1.94. The Bertz CT molecular complexity index is 656. The van der Waals surface area contributed by atoms with E-state index in [-0.39, 0.29) is 10.4 Å². The first kappa shape index (κ1) is 14.5. The fraction of sp³-hybridized carbons (Fsp3) is 0.308. The number of rotatable bonds is 2. The summed E-state index contributed by atoms with van der Waals surface area (Å²) >= 11 is 9.61. The third-order valence-electron chi connectivity index (χ3n) is 3.80. The molecule has 0 radical (unpaired) electrons. The molecule has 0 unspecified atom stereocenters. The Morgan fingerprint density at radius 3 is 2.86 bits per heavy atom. The molecule has 0 aromatic heterocycles. The highest BCUT2D eigenvalue weighted by Gasteiger charge is 2.49. The Hall–Kier alpha value is -1.44. The van der Waals surface area contributed by atoms with Crippen molar-refractivity contribution in [1.29, 1.82) is 5.53 Å². The number of amidine groups is 1. The van der Waals surface area contributed by atoms with Crippen LogP contribution in [0.1, 0.15) is 5.56 Å². The Balaban J connectivity index is 2.11. The number of hydrogen-bond donors (Lipinski definition) is 2. The Labute approximate surface area is 135 Å². The van der Waals surface area contributed by atoms with Gasteiger partial charge in [-0.15, -0.1) is 5.10 Å². The Morgan fingerprint density at radius 1 is 1.52 bits per heavy atom. The van der Waals surface area contributed by atoms with Crippen molar-refractivity contribution in [3.05, 3.63) is 39.5 Å². The summed E-state index contributed by atoms with van der Waals surface area (Å²) in [5, 5.41) is 7.19. The molecule has 2 aliphatic rings. The number of nitrogens with zero attached hydrogens (tertiary/aromatic N) is 3. The second-order valence-electron chi connectivity index (χ2n) is 5.06. The standard InChI is InChI=1S/C13H13BrClN5O/c14-8-1-2-9-11(3-8)20(5-13(9)6-21-7-13)12(18-19-17)10(15)4-16/h1-4,17H,5-7,16H2. The lowest BCUT2D eigenvalue weighted by atomic mass is 9.81. The van der Waals surface area contributed by atoms with Crippen molar-refractivity contribution in [2.45, 2.75) is 5.41 Å². The van der Waals surface area contributed by atoms with Crippen molar-refractivity contribution in [2.75, 3.05) is 24.7 Å². The number of halogens is 2. The predicted molar refractivity (Wildman–Crippen MR) is 84.7 cm³/mol. The molecule has 2 aliphatic heterocycles. The SMILES string of the molecule is N=NN=C(C(Cl)=CN)N1CC2(COC2)c2ccc(Br)cc21. The molecule has 6 nitrogen and oxygen atoms in total.